The molecule has 6 heteroatoms. The van der Waals surface area contributed by atoms with E-state index in [-0.39, 0.29) is 11.4 Å². The van der Waals surface area contributed by atoms with Crippen LogP contribution in [0, 0.1) is 5.82 Å². The largest absolute Gasteiger partial charge is 0.325 e. The third-order valence-corrected chi connectivity index (χ3v) is 6.64. The molecule has 20 heavy (non-hydrogen) atoms. The molecule has 1 unspecified atom stereocenters. The van der Waals surface area contributed by atoms with E-state index in [1.165, 1.54) is 23.8 Å². The number of rotatable bonds is 3. The molecule has 1 saturated heterocycles. The third kappa shape index (κ3) is 1.82. The van der Waals surface area contributed by atoms with Crippen molar-refractivity contribution in [3.8, 4) is 0 Å². The normalized spacial score (nSPS) is 29.6. The van der Waals surface area contributed by atoms with Gasteiger partial charge < -0.3 is 4.55 Å². The van der Waals surface area contributed by atoms with E-state index in [1.54, 1.807) is 6.07 Å². The third-order valence-electron chi connectivity index (χ3n) is 4.99. The Kier molecular flexibility index (Phi) is 3.32. The number of benzene rings is 1. The van der Waals surface area contributed by atoms with Gasteiger partial charge in [-0.3, -0.25) is 4.48 Å². The van der Waals surface area contributed by atoms with Gasteiger partial charge in [0.25, 0.3) is 5.13 Å². The van der Waals surface area contributed by atoms with E-state index in [9.17, 15) is 4.39 Å². The number of quaternary nitrogens is 1. The maximum atomic E-state index is 14.0. The summed E-state index contributed by atoms with van der Waals surface area (Å²) in [5, 5.41) is 0.967. The molecule has 1 N–H and O–H groups in total. The second-order valence-electron chi connectivity index (χ2n) is 5.86. The number of hydrogen-bond acceptors (Lipinski definition) is 4. The molecule has 0 radical (unpaired) electrons. The number of thiazole rings is 1. The highest BCUT2D eigenvalue weighted by Crippen LogP contribution is 2.47. The second-order valence-corrected chi connectivity index (χ2v) is 7.52. The van der Waals surface area contributed by atoms with Gasteiger partial charge in [0.2, 0.25) is 0 Å². The van der Waals surface area contributed by atoms with Crippen LogP contribution < -0.4 is 4.48 Å². The Labute approximate surface area is 126 Å². The van der Waals surface area contributed by atoms with Crippen molar-refractivity contribution in [1.29, 1.82) is 0 Å². The molecular weight excluding hydrogens is 295 g/mol. The fourth-order valence-corrected chi connectivity index (χ4v) is 4.57. The quantitative estimate of drug-likeness (QED) is 0.668. The lowest BCUT2D eigenvalue weighted by molar-refractivity contribution is 0.0307. The highest BCUT2D eigenvalue weighted by molar-refractivity contribution is 7.93. The molecule has 2 aromatic rings. The van der Waals surface area contributed by atoms with E-state index < -0.39 is 0 Å². The average Bonchev–Trinajstić information content (AvgIpc) is 2.88. The van der Waals surface area contributed by atoms with E-state index in [0.717, 1.165) is 27.3 Å². The van der Waals surface area contributed by atoms with E-state index in [2.05, 4.69) is 25.9 Å². The number of hydrogen-bond donors (Lipinski definition) is 1. The van der Waals surface area contributed by atoms with Gasteiger partial charge in [0, 0.05) is 16.9 Å². The van der Waals surface area contributed by atoms with E-state index >= 15 is 0 Å². The van der Waals surface area contributed by atoms with Crippen molar-refractivity contribution in [3.63, 3.8) is 0 Å². The molecule has 0 spiro atoms. The van der Waals surface area contributed by atoms with Gasteiger partial charge in [-0.2, -0.15) is 4.98 Å². The number of nitrogens with zero attached hydrogens (tertiary/aromatic N) is 2. The first kappa shape index (κ1) is 14.3. The minimum absolute atomic E-state index is 0.193. The van der Waals surface area contributed by atoms with Crippen molar-refractivity contribution in [1.82, 2.24) is 9.47 Å². The summed E-state index contributed by atoms with van der Waals surface area (Å²) in [4.78, 5) is 5.07. The highest BCUT2D eigenvalue weighted by Gasteiger charge is 2.55. The zero-order valence-electron chi connectivity index (χ0n) is 11.8. The number of likely N-dealkylation sites (tertiary alicyclic amines) is 1. The number of halogens is 1. The molecule has 0 bridgehead atoms. The maximum Gasteiger partial charge on any atom is 0.287 e. The Morgan fingerprint density at radius 3 is 2.85 bits per heavy atom. The molecule has 1 aliphatic rings. The van der Waals surface area contributed by atoms with Crippen molar-refractivity contribution < 1.29 is 8.94 Å². The number of aromatic nitrogens is 1. The SMILES string of the molecule is CC[C@]1(C)CC[N+]1(C)c1nc2c(F)cc(SO)cc2s1. The summed E-state index contributed by atoms with van der Waals surface area (Å²) in [6.07, 6.45) is 2.26. The molecule has 0 saturated carbocycles. The molecule has 2 atom stereocenters. The van der Waals surface area contributed by atoms with Crippen molar-refractivity contribution in [2.75, 3.05) is 13.6 Å². The summed E-state index contributed by atoms with van der Waals surface area (Å²) >= 11 is 2.11. The van der Waals surface area contributed by atoms with Crippen LogP contribution in [-0.4, -0.2) is 28.7 Å². The molecule has 0 aliphatic carbocycles. The van der Waals surface area contributed by atoms with Gasteiger partial charge in [-0.25, -0.2) is 4.39 Å². The first-order chi connectivity index (χ1) is 9.43. The number of fused-ring (bicyclic) bond motifs is 1. The van der Waals surface area contributed by atoms with Gasteiger partial charge in [-0.05, 0) is 25.5 Å². The lowest BCUT2D eigenvalue weighted by atomic mass is 9.81. The van der Waals surface area contributed by atoms with Crippen molar-refractivity contribution in [2.45, 2.75) is 37.1 Å². The van der Waals surface area contributed by atoms with Gasteiger partial charge in [0.1, 0.15) is 11.1 Å². The van der Waals surface area contributed by atoms with Crippen LogP contribution in [0.1, 0.15) is 26.7 Å². The Morgan fingerprint density at radius 1 is 1.55 bits per heavy atom. The lowest BCUT2D eigenvalue weighted by Gasteiger charge is -2.55. The maximum absolute atomic E-state index is 14.0. The van der Waals surface area contributed by atoms with Crippen molar-refractivity contribution in [3.05, 3.63) is 17.9 Å². The standard InChI is InChI=1S/C14H17FN2OS2/c1-4-14(2)5-6-17(14,3)13-16-12-10(15)7-9(20-18)8-11(12)19-13/h7-8H,4-6H2,1-3H3/p+1/t14-,17?/m1/s1. The summed E-state index contributed by atoms with van der Waals surface area (Å²) in [6.45, 7) is 5.52. The van der Waals surface area contributed by atoms with Crippen LogP contribution >= 0.6 is 23.4 Å². The molecular formula is C14H18FN2OS2+. The minimum Gasteiger partial charge on any atom is -0.325 e. The molecule has 1 fully saturated rings. The highest BCUT2D eigenvalue weighted by atomic mass is 32.2. The predicted molar refractivity (Wildman–Crippen MR) is 84.0 cm³/mol. The van der Waals surface area contributed by atoms with Gasteiger partial charge in [0.05, 0.1) is 24.7 Å². The van der Waals surface area contributed by atoms with E-state index in [1.807, 2.05) is 0 Å². The molecule has 1 aliphatic heterocycles. The topological polar surface area (TPSA) is 33.1 Å². The minimum atomic E-state index is -0.355. The van der Waals surface area contributed by atoms with Crippen molar-refractivity contribution >= 4 is 38.7 Å². The lowest BCUT2D eigenvalue weighted by Crippen LogP contribution is -2.71. The zero-order valence-corrected chi connectivity index (χ0v) is 13.4. The Morgan fingerprint density at radius 2 is 2.30 bits per heavy atom. The fraction of sp³-hybridized carbons (Fsp3) is 0.500. The van der Waals surface area contributed by atoms with E-state index in [4.69, 9.17) is 4.55 Å². The molecule has 1 aromatic heterocycles. The average molecular weight is 313 g/mol. The Hall–Kier alpha value is -0.690. The smallest absolute Gasteiger partial charge is 0.287 e. The fourth-order valence-electron chi connectivity index (χ4n) is 2.90. The first-order valence-corrected chi connectivity index (χ1v) is 8.30. The summed E-state index contributed by atoms with van der Waals surface area (Å²) in [5.41, 5.74) is 0.617. The second kappa shape index (κ2) is 4.66. The van der Waals surface area contributed by atoms with Crippen LogP contribution in [0.2, 0.25) is 0 Å². The molecule has 108 valence electrons. The summed E-state index contributed by atoms with van der Waals surface area (Å²) in [6, 6.07) is 3.14. The first-order valence-electron chi connectivity index (χ1n) is 6.71. The van der Waals surface area contributed by atoms with Gasteiger partial charge in [-0.1, -0.05) is 18.3 Å². The Balaban J connectivity index is 2.12. The molecule has 2 heterocycles. The van der Waals surface area contributed by atoms with Crippen LogP contribution in [0.25, 0.3) is 10.2 Å². The van der Waals surface area contributed by atoms with Crippen molar-refractivity contribution in [2.24, 2.45) is 0 Å². The predicted octanol–water partition coefficient (Wildman–Crippen LogP) is 4.51. The summed E-state index contributed by atoms with van der Waals surface area (Å²) < 4.78 is 24.7. The summed E-state index contributed by atoms with van der Waals surface area (Å²) in [5.74, 6) is -0.355. The monoisotopic (exact) mass is 313 g/mol. The Bertz CT molecular complexity index is 670. The van der Waals surface area contributed by atoms with Crippen LogP contribution in [0.5, 0.6) is 0 Å². The summed E-state index contributed by atoms with van der Waals surface area (Å²) in [7, 11) is 2.18. The van der Waals surface area contributed by atoms with Gasteiger partial charge >= 0.3 is 0 Å². The molecule has 3 nitrogen and oxygen atoms in total. The van der Waals surface area contributed by atoms with Gasteiger partial charge in [-0.15, -0.1) is 0 Å². The molecule has 1 aromatic carbocycles. The molecule has 0 amide bonds. The van der Waals surface area contributed by atoms with Crippen LogP contribution in [0.15, 0.2) is 17.0 Å². The van der Waals surface area contributed by atoms with Crippen LogP contribution in [0.3, 0.4) is 0 Å². The van der Waals surface area contributed by atoms with E-state index in [0.29, 0.717) is 22.5 Å². The molecule has 3 rings (SSSR count). The van der Waals surface area contributed by atoms with Crippen LogP contribution in [0.4, 0.5) is 9.52 Å². The van der Waals surface area contributed by atoms with Crippen LogP contribution in [-0.2, 0) is 0 Å². The van der Waals surface area contributed by atoms with Gasteiger partial charge in [0.15, 0.2) is 5.82 Å². The zero-order chi connectivity index (χ0) is 14.5.